The van der Waals surface area contributed by atoms with Crippen LogP contribution in [0.25, 0.3) is 22.6 Å². The zero-order valence-electron chi connectivity index (χ0n) is 21.9. The summed E-state index contributed by atoms with van der Waals surface area (Å²) in [6.45, 7) is 5.00. The minimum atomic E-state index is -0.254. The number of hydrogen-bond donors (Lipinski definition) is 0. The van der Waals surface area contributed by atoms with E-state index in [1.165, 1.54) is 16.5 Å². The summed E-state index contributed by atoms with van der Waals surface area (Å²) in [5.41, 5.74) is 4.17. The molecule has 0 aliphatic carbocycles. The van der Waals surface area contributed by atoms with Crippen LogP contribution in [0.1, 0.15) is 44.7 Å². The first kappa shape index (κ1) is 25.2. The molecule has 0 unspecified atom stereocenters. The number of amides is 1. The first-order chi connectivity index (χ1) is 18.7. The minimum absolute atomic E-state index is 0.0866. The highest BCUT2D eigenvalue weighted by molar-refractivity contribution is 5.98. The lowest BCUT2D eigenvalue weighted by Gasteiger charge is -2.14. The highest BCUT2D eigenvalue weighted by Crippen LogP contribution is 2.29. The maximum absolute atomic E-state index is 12.6. The smallest absolute Gasteiger partial charge is 0.258 e. The Morgan fingerprint density at radius 2 is 1.85 bits per heavy atom. The molecule has 0 saturated heterocycles. The van der Waals surface area contributed by atoms with Crippen LogP contribution in [-0.2, 0) is 0 Å². The molecule has 0 aliphatic rings. The molecule has 0 fully saturated rings. The van der Waals surface area contributed by atoms with Gasteiger partial charge in [0.1, 0.15) is 17.4 Å². The zero-order chi connectivity index (χ0) is 27.8. The van der Waals surface area contributed by atoms with Crippen LogP contribution < -0.4 is 4.74 Å². The Morgan fingerprint density at radius 1 is 1.05 bits per heavy atom. The molecular formula is C27H23N9O3. The van der Waals surface area contributed by atoms with Crippen LogP contribution in [0, 0.1) is 25.2 Å². The normalized spacial score (nSPS) is 10.9. The molecular weight excluding hydrogens is 498 g/mol. The molecule has 5 heterocycles. The van der Waals surface area contributed by atoms with E-state index in [-0.39, 0.29) is 23.3 Å². The number of aryl methyl sites for hydroxylation is 2. The number of rotatable bonds is 6. The number of nitriles is 1. The molecule has 0 aromatic carbocycles. The van der Waals surface area contributed by atoms with E-state index in [0.717, 1.165) is 5.52 Å². The van der Waals surface area contributed by atoms with Gasteiger partial charge in [-0.3, -0.25) is 9.59 Å². The molecule has 5 aromatic heterocycles. The number of carbonyl (C=O) groups excluding carboxylic acids is 2. The fourth-order valence-corrected chi connectivity index (χ4v) is 4.06. The molecule has 0 atom stereocenters. The van der Waals surface area contributed by atoms with Crippen LogP contribution >= 0.6 is 0 Å². The van der Waals surface area contributed by atoms with Crippen molar-refractivity contribution in [3.8, 4) is 34.8 Å². The Balaban J connectivity index is 1.54. The predicted molar refractivity (Wildman–Crippen MR) is 140 cm³/mol. The summed E-state index contributed by atoms with van der Waals surface area (Å²) < 4.78 is 9.04. The number of aromatic nitrogens is 7. The second-order valence-corrected chi connectivity index (χ2v) is 9.08. The summed E-state index contributed by atoms with van der Waals surface area (Å²) in [5.74, 6) is 0.388. The van der Waals surface area contributed by atoms with Crippen LogP contribution in [-0.4, -0.2) is 65.3 Å². The third kappa shape index (κ3) is 4.69. The van der Waals surface area contributed by atoms with Gasteiger partial charge in [0.25, 0.3) is 11.8 Å². The lowest BCUT2D eigenvalue weighted by molar-refractivity contribution is 0.0823. The number of carbonyl (C=O) groups is 2. The summed E-state index contributed by atoms with van der Waals surface area (Å²) in [4.78, 5) is 31.1. The van der Waals surface area contributed by atoms with Crippen molar-refractivity contribution in [1.82, 2.24) is 39.5 Å². The van der Waals surface area contributed by atoms with Crippen molar-refractivity contribution < 1.29 is 14.3 Å². The molecule has 0 spiro atoms. The highest BCUT2D eigenvalue weighted by Gasteiger charge is 2.20. The van der Waals surface area contributed by atoms with Crippen LogP contribution in [0.3, 0.4) is 0 Å². The second kappa shape index (κ2) is 9.79. The molecule has 0 radical (unpaired) electrons. The van der Waals surface area contributed by atoms with Crippen LogP contribution in [0.15, 0.2) is 48.8 Å². The number of ether oxygens (including phenoxy) is 1. The summed E-state index contributed by atoms with van der Waals surface area (Å²) in [5, 5.41) is 26.1. The van der Waals surface area contributed by atoms with Crippen LogP contribution in [0.2, 0.25) is 0 Å². The van der Waals surface area contributed by atoms with E-state index < -0.39 is 0 Å². The van der Waals surface area contributed by atoms with E-state index in [2.05, 4.69) is 20.4 Å². The van der Waals surface area contributed by atoms with Gasteiger partial charge in [0.15, 0.2) is 17.3 Å². The molecule has 12 heteroatoms. The average molecular weight is 522 g/mol. The SMILES string of the molecule is CC(=O)c1ccc(-c2cnn3cc(Oc4nnc(C)cc4C(=O)N(C)C)ccc23)nc1-n1nc(C#N)cc1C. The standard InChI is InChI=1S/C27H23N9O3/c1-15-10-21(27(38)34(4)5)26(32-31-15)39-19-6-9-24-22(13-29-35(24)14-19)23-8-7-20(17(3)37)25(30-23)36-16(2)11-18(12-28)33-36/h6-11,13-14H,1-5H3. The molecule has 5 aromatic rings. The Labute approximate surface area is 223 Å². The second-order valence-electron chi connectivity index (χ2n) is 9.08. The Kier molecular flexibility index (Phi) is 6.33. The van der Waals surface area contributed by atoms with Crippen molar-refractivity contribution in [3.05, 3.63) is 77.0 Å². The molecule has 0 bridgehead atoms. The van der Waals surface area contributed by atoms with Gasteiger partial charge < -0.3 is 9.64 Å². The Morgan fingerprint density at radius 3 is 2.54 bits per heavy atom. The van der Waals surface area contributed by atoms with E-state index in [1.807, 2.05) is 6.07 Å². The van der Waals surface area contributed by atoms with Gasteiger partial charge in [0.05, 0.1) is 34.9 Å². The summed E-state index contributed by atoms with van der Waals surface area (Å²) in [7, 11) is 3.30. The number of Topliss-reactive ketones (excluding diaryl/α,β-unsaturated/α-hetero) is 1. The topological polar surface area (TPSA) is 144 Å². The summed E-state index contributed by atoms with van der Waals surface area (Å²) in [6.07, 6.45) is 3.31. The van der Waals surface area contributed by atoms with Gasteiger partial charge in [-0.2, -0.15) is 20.6 Å². The van der Waals surface area contributed by atoms with E-state index in [4.69, 9.17) is 9.72 Å². The lowest BCUT2D eigenvalue weighted by Crippen LogP contribution is -2.23. The van der Waals surface area contributed by atoms with Gasteiger partial charge in [-0.1, -0.05) is 0 Å². The maximum atomic E-state index is 12.6. The first-order valence-corrected chi connectivity index (χ1v) is 11.9. The maximum Gasteiger partial charge on any atom is 0.258 e. The number of fused-ring (bicyclic) bond motifs is 1. The molecule has 39 heavy (non-hydrogen) atoms. The fourth-order valence-electron chi connectivity index (χ4n) is 4.06. The Bertz CT molecular complexity index is 1810. The zero-order valence-corrected chi connectivity index (χ0v) is 21.9. The van der Waals surface area contributed by atoms with Gasteiger partial charge >= 0.3 is 0 Å². The molecule has 1 amide bonds. The van der Waals surface area contributed by atoms with Crippen molar-refractivity contribution in [1.29, 1.82) is 5.26 Å². The molecule has 5 rings (SSSR count). The van der Waals surface area contributed by atoms with E-state index in [9.17, 15) is 14.9 Å². The van der Waals surface area contributed by atoms with Gasteiger partial charge in [0, 0.05) is 25.4 Å². The van der Waals surface area contributed by atoms with Crippen molar-refractivity contribution in [3.63, 3.8) is 0 Å². The van der Waals surface area contributed by atoms with E-state index >= 15 is 0 Å². The predicted octanol–water partition coefficient (Wildman–Crippen LogP) is 3.56. The molecule has 12 nitrogen and oxygen atoms in total. The first-order valence-electron chi connectivity index (χ1n) is 11.9. The molecule has 0 aliphatic heterocycles. The minimum Gasteiger partial charge on any atom is -0.435 e. The highest BCUT2D eigenvalue weighted by atomic mass is 16.5. The van der Waals surface area contributed by atoms with Crippen molar-refractivity contribution in [2.45, 2.75) is 20.8 Å². The average Bonchev–Trinajstić information content (AvgIpc) is 3.51. The van der Waals surface area contributed by atoms with Gasteiger partial charge in [-0.25, -0.2) is 14.2 Å². The van der Waals surface area contributed by atoms with Gasteiger partial charge in [-0.05, 0) is 57.2 Å². The summed E-state index contributed by atoms with van der Waals surface area (Å²) >= 11 is 0. The van der Waals surface area contributed by atoms with Crippen molar-refractivity contribution >= 4 is 17.2 Å². The number of ketones is 1. The molecule has 194 valence electrons. The molecule has 0 N–H and O–H groups in total. The lowest BCUT2D eigenvalue weighted by atomic mass is 10.1. The number of pyridine rings is 2. The Hall–Kier alpha value is -5.44. The van der Waals surface area contributed by atoms with Crippen LogP contribution in [0.4, 0.5) is 0 Å². The van der Waals surface area contributed by atoms with Gasteiger partial charge in [-0.15, -0.1) is 5.10 Å². The number of nitrogens with zero attached hydrogens (tertiary/aromatic N) is 9. The van der Waals surface area contributed by atoms with Crippen molar-refractivity contribution in [2.75, 3.05) is 14.1 Å². The largest absolute Gasteiger partial charge is 0.435 e. The number of hydrogen-bond acceptors (Lipinski definition) is 9. The van der Waals surface area contributed by atoms with Crippen molar-refractivity contribution in [2.24, 2.45) is 0 Å². The quantitative estimate of drug-likeness (QED) is 0.306. The van der Waals surface area contributed by atoms with E-state index in [1.54, 1.807) is 81.3 Å². The van der Waals surface area contributed by atoms with Gasteiger partial charge in [0.2, 0.25) is 0 Å². The molecule has 0 saturated carbocycles. The third-order valence-electron chi connectivity index (χ3n) is 5.96. The van der Waals surface area contributed by atoms with E-state index in [0.29, 0.717) is 45.3 Å². The van der Waals surface area contributed by atoms with Crippen LogP contribution in [0.5, 0.6) is 11.6 Å². The summed E-state index contributed by atoms with van der Waals surface area (Å²) in [6, 6.07) is 12.2. The third-order valence-corrected chi connectivity index (χ3v) is 5.96. The monoisotopic (exact) mass is 521 g/mol. The fraction of sp³-hybridized carbons (Fsp3) is 0.185.